The van der Waals surface area contributed by atoms with Crippen molar-refractivity contribution in [3.05, 3.63) is 47.6 Å². The molecular weight excluding hydrogens is 223 g/mol. The highest BCUT2D eigenvalue weighted by molar-refractivity contribution is 5.36. The molecule has 0 amide bonds. The van der Waals surface area contributed by atoms with Crippen LogP contribution in [0.5, 0.6) is 5.75 Å². The summed E-state index contributed by atoms with van der Waals surface area (Å²) in [6, 6.07) is 4.10. The van der Waals surface area contributed by atoms with Gasteiger partial charge in [-0.3, -0.25) is 0 Å². The molecule has 0 bridgehead atoms. The van der Waals surface area contributed by atoms with Gasteiger partial charge in [0, 0.05) is 23.2 Å². The summed E-state index contributed by atoms with van der Waals surface area (Å²) in [7, 11) is 0. The molecule has 0 aliphatic heterocycles. The fourth-order valence-electron chi connectivity index (χ4n) is 1.47. The van der Waals surface area contributed by atoms with Crippen molar-refractivity contribution in [3.8, 4) is 5.75 Å². The largest absolute Gasteiger partial charge is 0.488 e. The smallest absolute Gasteiger partial charge is 0.130 e. The van der Waals surface area contributed by atoms with Crippen molar-refractivity contribution in [2.24, 2.45) is 5.73 Å². The monoisotopic (exact) mass is 236 g/mol. The van der Waals surface area contributed by atoms with Gasteiger partial charge in [-0.15, -0.1) is 0 Å². The van der Waals surface area contributed by atoms with Crippen LogP contribution in [-0.4, -0.2) is 5.16 Å². The second kappa shape index (κ2) is 4.97. The van der Waals surface area contributed by atoms with Gasteiger partial charge in [-0.1, -0.05) is 11.2 Å². The summed E-state index contributed by atoms with van der Waals surface area (Å²) in [5.41, 5.74) is 7.33. The lowest BCUT2D eigenvalue weighted by atomic mass is 10.1. The lowest BCUT2D eigenvalue weighted by Gasteiger charge is -2.13. The summed E-state index contributed by atoms with van der Waals surface area (Å²) < 4.78 is 23.3. The van der Waals surface area contributed by atoms with Crippen LogP contribution in [0.1, 0.15) is 24.1 Å². The van der Waals surface area contributed by atoms with E-state index in [1.165, 1.54) is 18.4 Å². The van der Waals surface area contributed by atoms with Crippen LogP contribution in [0.2, 0.25) is 0 Å². The third kappa shape index (κ3) is 2.82. The Bertz CT molecular complexity index is 483. The van der Waals surface area contributed by atoms with Gasteiger partial charge >= 0.3 is 0 Å². The van der Waals surface area contributed by atoms with E-state index in [0.717, 1.165) is 11.1 Å². The third-order valence-electron chi connectivity index (χ3n) is 2.34. The Balaban J connectivity index is 2.16. The summed E-state index contributed by atoms with van der Waals surface area (Å²) >= 11 is 0. The van der Waals surface area contributed by atoms with Crippen LogP contribution in [0, 0.1) is 5.82 Å². The summed E-state index contributed by atoms with van der Waals surface area (Å²) in [4.78, 5) is 0. The first-order chi connectivity index (χ1) is 8.16. The molecule has 0 unspecified atom stereocenters. The van der Waals surface area contributed by atoms with Crippen molar-refractivity contribution in [2.45, 2.75) is 19.6 Å². The van der Waals surface area contributed by atoms with Crippen molar-refractivity contribution >= 4 is 0 Å². The molecule has 2 rings (SSSR count). The third-order valence-corrected chi connectivity index (χ3v) is 2.34. The number of aromatic nitrogens is 1. The molecule has 1 atom stereocenters. The van der Waals surface area contributed by atoms with E-state index in [1.807, 2.05) is 6.92 Å². The van der Waals surface area contributed by atoms with Crippen LogP contribution >= 0.6 is 0 Å². The lowest BCUT2D eigenvalue weighted by molar-refractivity contribution is 0.298. The predicted molar refractivity (Wildman–Crippen MR) is 59.8 cm³/mol. The van der Waals surface area contributed by atoms with Gasteiger partial charge in [-0.25, -0.2) is 4.39 Å². The first-order valence-electron chi connectivity index (χ1n) is 5.23. The summed E-state index contributed by atoms with van der Waals surface area (Å²) in [5.74, 6) is 0.0934. The predicted octanol–water partition coefficient (Wildman–Crippen LogP) is 2.41. The Morgan fingerprint density at radius 3 is 3.00 bits per heavy atom. The number of halogens is 1. The van der Waals surface area contributed by atoms with E-state index in [4.69, 9.17) is 10.5 Å². The first-order valence-corrected chi connectivity index (χ1v) is 5.23. The molecule has 1 aromatic carbocycles. The van der Waals surface area contributed by atoms with Crippen molar-refractivity contribution < 1.29 is 13.7 Å². The molecule has 5 heteroatoms. The molecule has 0 radical (unpaired) electrons. The van der Waals surface area contributed by atoms with Crippen molar-refractivity contribution in [2.75, 3.05) is 0 Å². The number of hydrogen-bond acceptors (Lipinski definition) is 4. The second-order valence-electron chi connectivity index (χ2n) is 3.79. The zero-order valence-electron chi connectivity index (χ0n) is 9.39. The molecule has 0 aliphatic carbocycles. The molecule has 0 saturated carbocycles. The number of nitrogens with two attached hydrogens (primary N) is 1. The molecule has 4 nitrogen and oxygen atoms in total. The van der Waals surface area contributed by atoms with E-state index in [1.54, 1.807) is 12.3 Å². The van der Waals surface area contributed by atoms with Crippen LogP contribution in [-0.2, 0) is 6.61 Å². The second-order valence-corrected chi connectivity index (χ2v) is 3.79. The maximum Gasteiger partial charge on any atom is 0.130 e. The topological polar surface area (TPSA) is 61.3 Å². The summed E-state index contributed by atoms with van der Waals surface area (Å²) in [6.45, 7) is 2.09. The van der Waals surface area contributed by atoms with E-state index in [0.29, 0.717) is 5.75 Å². The van der Waals surface area contributed by atoms with E-state index in [9.17, 15) is 4.39 Å². The molecule has 1 aromatic heterocycles. The number of ether oxygens (including phenoxy) is 1. The molecule has 2 aromatic rings. The maximum absolute atomic E-state index is 13.1. The van der Waals surface area contributed by atoms with Crippen molar-refractivity contribution in [3.63, 3.8) is 0 Å². The Kier molecular flexibility index (Phi) is 3.39. The lowest BCUT2D eigenvalue weighted by Crippen LogP contribution is -2.08. The number of nitrogens with zero attached hydrogens (tertiary/aromatic N) is 1. The van der Waals surface area contributed by atoms with Gasteiger partial charge in [0.2, 0.25) is 0 Å². The Labute approximate surface area is 98.2 Å². The van der Waals surface area contributed by atoms with E-state index >= 15 is 0 Å². The van der Waals surface area contributed by atoms with E-state index in [-0.39, 0.29) is 18.5 Å². The van der Waals surface area contributed by atoms with Crippen LogP contribution in [0.3, 0.4) is 0 Å². The summed E-state index contributed by atoms with van der Waals surface area (Å²) in [6.07, 6.45) is 3.02. The van der Waals surface area contributed by atoms with E-state index < -0.39 is 0 Å². The van der Waals surface area contributed by atoms with Gasteiger partial charge < -0.3 is 15.0 Å². The molecule has 0 fully saturated rings. The van der Waals surface area contributed by atoms with Gasteiger partial charge in [0.05, 0.1) is 6.20 Å². The zero-order valence-corrected chi connectivity index (χ0v) is 9.39. The highest BCUT2D eigenvalue weighted by atomic mass is 19.1. The highest BCUT2D eigenvalue weighted by Crippen LogP contribution is 2.25. The number of hydrogen-bond donors (Lipinski definition) is 1. The van der Waals surface area contributed by atoms with Crippen LogP contribution in [0.4, 0.5) is 4.39 Å². The Hall–Kier alpha value is -1.88. The van der Waals surface area contributed by atoms with Gasteiger partial charge in [0.1, 0.15) is 24.4 Å². The average Bonchev–Trinajstić information content (AvgIpc) is 2.78. The molecule has 17 heavy (non-hydrogen) atoms. The molecule has 0 spiro atoms. The fraction of sp³-hybridized carbons (Fsp3) is 0.250. The average molecular weight is 236 g/mol. The zero-order chi connectivity index (χ0) is 12.3. The molecule has 1 heterocycles. The minimum atomic E-state index is -0.352. The number of rotatable bonds is 4. The summed E-state index contributed by atoms with van der Waals surface area (Å²) in [5, 5.41) is 3.56. The van der Waals surface area contributed by atoms with Gasteiger partial charge in [-0.05, 0) is 13.0 Å². The number of benzene rings is 1. The highest BCUT2D eigenvalue weighted by Gasteiger charge is 2.10. The standard InChI is InChI=1S/C12H13FN2O2/c1-8(14)11-3-2-10(13)4-12(11)16-6-9-5-15-17-7-9/h2-5,7-8H,6,14H2,1H3/t8-/m1/s1. The molecule has 0 aliphatic rings. The Morgan fingerprint density at radius 1 is 1.53 bits per heavy atom. The van der Waals surface area contributed by atoms with Crippen molar-refractivity contribution in [1.82, 2.24) is 5.16 Å². The first kappa shape index (κ1) is 11.6. The van der Waals surface area contributed by atoms with Crippen LogP contribution in [0.15, 0.2) is 35.2 Å². The molecular formula is C12H13FN2O2. The van der Waals surface area contributed by atoms with Gasteiger partial charge in [-0.2, -0.15) is 0 Å². The molecule has 2 N–H and O–H groups in total. The molecule has 0 saturated heterocycles. The van der Waals surface area contributed by atoms with Gasteiger partial charge in [0.15, 0.2) is 0 Å². The van der Waals surface area contributed by atoms with Crippen LogP contribution < -0.4 is 10.5 Å². The van der Waals surface area contributed by atoms with E-state index in [2.05, 4.69) is 9.68 Å². The normalized spacial score (nSPS) is 12.4. The minimum Gasteiger partial charge on any atom is -0.488 e. The van der Waals surface area contributed by atoms with Gasteiger partial charge in [0.25, 0.3) is 0 Å². The fourth-order valence-corrected chi connectivity index (χ4v) is 1.47. The minimum absolute atomic E-state index is 0.215. The Morgan fingerprint density at radius 2 is 2.35 bits per heavy atom. The quantitative estimate of drug-likeness (QED) is 0.885. The maximum atomic E-state index is 13.1. The van der Waals surface area contributed by atoms with Crippen LogP contribution in [0.25, 0.3) is 0 Å². The molecule has 90 valence electrons. The SMILES string of the molecule is C[C@@H](N)c1ccc(F)cc1OCc1cnoc1. The van der Waals surface area contributed by atoms with Crippen molar-refractivity contribution in [1.29, 1.82) is 0 Å².